The van der Waals surface area contributed by atoms with Crippen LogP contribution in [0.4, 0.5) is 11.4 Å². The van der Waals surface area contributed by atoms with E-state index >= 15 is 0 Å². The summed E-state index contributed by atoms with van der Waals surface area (Å²) in [5, 5.41) is 7.55. The van der Waals surface area contributed by atoms with E-state index in [1.807, 2.05) is 24.4 Å². The summed E-state index contributed by atoms with van der Waals surface area (Å²) in [6.07, 6.45) is 1.41. The first kappa shape index (κ1) is 20.8. The number of nitrogens with one attached hydrogen (secondary N) is 2. The average Bonchev–Trinajstić information content (AvgIpc) is 3.16. The summed E-state index contributed by atoms with van der Waals surface area (Å²) in [4.78, 5) is 25.7. The van der Waals surface area contributed by atoms with Gasteiger partial charge in [-0.15, -0.1) is 11.3 Å². The van der Waals surface area contributed by atoms with E-state index in [9.17, 15) is 18.0 Å². The van der Waals surface area contributed by atoms with Crippen LogP contribution in [0.15, 0.2) is 64.9 Å². The molecule has 0 saturated carbocycles. The van der Waals surface area contributed by atoms with Gasteiger partial charge in [-0.1, -0.05) is 12.1 Å². The zero-order chi connectivity index (χ0) is 21.0. The van der Waals surface area contributed by atoms with Crippen molar-refractivity contribution < 1.29 is 18.0 Å². The minimum atomic E-state index is -3.40. The van der Waals surface area contributed by atoms with Crippen molar-refractivity contribution in [3.63, 3.8) is 0 Å². The van der Waals surface area contributed by atoms with Crippen molar-refractivity contribution in [2.45, 2.75) is 18.2 Å². The molecule has 0 bridgehead atoms. The number of aryl methyl sites for hydroxylation is 1. The molecular weight excluding hydrogens is 408 g/mol. The Bertz CT molecular complexity index is 1150. The Labute approximate surface area is 173 Å². The fraction of sp³-hybridized carbons (Fsp3) is 0.143. The molecule has 0 aliphatic carbocycles. The maximum atomic E-state index is 12.5. The SMILES string of the molecule is Cc1cc(NC(=O)Cc2cccs2)ccc1NC(=O)c1cccc(S(C)(=O)=O)c1. The summed E-state index contributed by atoms with van der Waals surface area (Å²) >= 11 is 1.53. The van der Waals surface area contributed by atoms with E-state index in [2.05, 4.69) is 10.6 Å². The van der Waals surface area contributed by atoms with Gasteiger partial charge in [0.25, 0.3) is 5.91 Å². The molecule has 0 saturated heterocycles. The highest BCUT2D eigenvalue weighted by Gasteiger charge is 2.13. The van der Waals surface area contributed by atoms with Gasteiger partial charge in [0.05, 0.1) is 11.3 Å². The van der Waals surface area contributed by atoms with Crippen molar-refractivity contribution in [1.82, 2.24) is 0 Å². The lowest BCUT2D eigenvalue weighted by atomic mass is 10.1. The minimum absolute atomic E-state index is 0.0886. The molecule has 0 fully saturated rings. The molecule has 0 spiro atoms. The molecule has 150 valence electrons. The third kappa shape index (κ3) is 5.52. The van der Waals surface area contributed by atoms with Gasteiger partial charge in [0.1, 0.15) is 0 Å². The van der Waals surface area contributed by atoms with E-state index in [4.69, 9.17) is 0 Å². The highest BCUT2D eigenvalue weighted by molar-refractivity contribution is 7.90. The number of anilines is 2. The van der Waals surface area contributed by atoms with E-state index in [1.54, 1.807) is 24.3 Å². The zero-order valence-corrected chi connectivity index (χ0v) is 17.6. The van der Waals surface area contributed by atoms with Gasteiger partial charge in [-0.3, -0.25) is 9.59 Å². The number of carbonyl (C=O) groups is 2. The second-order valence-electron chi connectivity index (χ2n) is 6.59. The van der Waals surface area contributed by atoms with Crippen molar-refractivity contribution in [2.75, 3.05) is 16.9 Å². The quantitative estimate of drug-likeness (QED) is 0.623. The summed E-state index contributed by atoms with van der Waals surface area (Å²) in [6.45, 7) is 1.82. The minimum Gasteiger partial charge on any atom is -0.326 e. The van der Waals surface area contributed by atoms with Crippen LogP contribution in [0.25, 0.3) is 0 Å². The fourth-order valence-corrected chi connectivity index (χ4v) is 4.09. The highest BCUT2D eigenvalue weighted by Crippen LogP contribution is 2.21. The van der Waals surface area contributed by atoms with Gasteiger partial charge in [0, 0.05) is 28.1 Å². The zero-order valence-electron chi connectivity index (χ0n) is 15.9. The van der Waals surface area contributed by atoms with Crippen LogP contribution in [0.5, 0.6) is 0 Å². The molecule has 0 aliphatic heterocycles. The first-order valence-corrected chi connectivity index (χ1v) is 11.5. The summed E-state index contributed by atoms with van der Waals surface area (Å²) in [7, 11) is -3.40. The molecule has 3 aromatic rings. The maximum Gasteiger partial charge on any atom is 0.255 e. The van der Waals surface area contributed by atoms with E-state index in [0.717, 1.165) is 16.7 Å². The van der Waals surface area contributed by atoms with Crippen LogP contribution in [0.2, 0.25) is 0 Å². The topological polar surface area (TPSA) is 92.3 Å². The Kier molecular flexibility index (Phi) is 6.14. The molecule has 0 atom stereocenters. The second kappa shape index (κ2) is 8.59. The number of carbonyl (C=O) groups excluding carboxylic acids is 2. The molecule has 0 aliphatic rings. The van der Waals surface area contributed by atoms with E-state index in [-0.39, 0.29) is 16.4 Å². The van der Waals surface area contributed by atoms with Crippen LogP contribution in [-0.2, 0) is 21.1 Å². The molecule has 6 nitrogen and oxygen atoms in total. The van der Waals surface area contributed by atoms with Crippen LogP contribution in [0.1, 0.15) is 20.8 Å². The van der Waals surface area contributed by atoms with E-state index in [0.29, 0.717) is 17.8 Å². The lowest BCUT2D eigenvalue weighted by Gasteiger charge is -2.11. The van der Waals surface area contributed by atoms with E-state index < -0.39 is 15.7 Å². The van der Waals surface area contributed by atoms with Crippen molar-refractivity contribution in [2.24, 2.45) is 0 Å². The molecule has 1 aromatic heterocycles. The molecule has 29 heavy (non-hydrogen) atoms. The number of rotatable bonds is 6. The monoisotopic (exact) mass is 428 g/mol. The normalized spacial score (nSPS) is 11.1. The van der Waals surface area contributed by atoms with Crippen molar-refractivity contribution in [3.8, 4) is 0 Å². The van der Waals surface area contributed by atoms with E-state index in [1.165, 1.54) is 29.5 Å². The number of sulfone groups is 1. The molecule has 2 aromatic carbocycles. The van der Waals surface area contributed by atoms with Crippen LogP contribution < -0.4 is 10.6 Å². The van der Waals surface area contributed by atoms with Gasteiger partial charge in [0.15, 0.2) is 9.84 Å². The Morgan fingerprint density at radius 1 is 1.00 bits per heavy atom. The first-order valence-electron chi connectivity index (χ1n) is 8.77. The largest absolute Gasteiger partial charge is 0.326 e. The standard InChI is InChI=1S/C21H20N2O4S2/c1-14-11-16(22-20(24)13-17-6-4-10-28-17)8-9-19(14)23-21(25)15-5-3-7-18(12-15)29(2,26)27/h3-12H,13H2,1-2H3,(H,22,24)(H,23,25). The summed E-state index contributed by atoms with van der Waals surface area (Å²) in [6, 6.07) is 14.9. The maximum absolute atomic E-state index is 12.5. The van der Waals surface area contributed by atoms with Gasteiger partial charge in [0.2, 0.25) is 5.91 Å². The molecule has 3 rings (SSSR count). The summed E-state index contributed by atoms with van der Waals surface area (Å²) in [5.74, 6) is -0.519. The molecule has 1 heterocycles. The number of hydrogen-bond acceptors (Lipinski definition) is 5. The van der Waals surface area contributed by atoms with Gasteiger partial charge in [-0.2, -0.15) is 0 Å². The molecule has 0 unspecified atom stereocenters. The third-order valence-corrected chi connectivity index (χ3v) is 6.18. The van der Waals surface area contributed by atoms with Crippen LogP contribution >= 0.6 is 11.3 Å². The summed E-state index contributed by atoms with van der Waals surface area (Å²) < 4.78 is 23.4. The lowest BCUT2D eigenvalue weighted by Crippen LogP contribution is -2.15. The molecule has 8 heteroatoms. The number of thiophene rings is 1. The predicted octanol–water partition coefficient (Wildman–Crippen LogP) is 3.89. The third-order valence-electron chi connectivity index (χ3n) is 4.20. The summed E-state index contributed by atoms with van der Waals surface area (Å²) in [5.41, 5.74) is 2.24. The van der Waals surface area contributed by atoms with Gasteiger partial charge >= 0.3 is 0 Å². The van der Waals surface area contributed by atoms with Gasteiger partial charge in [-0.05, 0) is 60.3 Å². The Balaban J connectivity index is 1.69. The highest BCUT2D eigenvalue weighted by atomic mass is 32.2. The van der Waals surface area contributed by atoms with Crippen LogP contribution in [-0.4, -0.2) is 26.5 Å². The second-order valence-corrected chi connectivity index (χ2v) is 9.64. The Hall–Kier alpha value is -2.97. The van der Waals surface area contributed by atoms with Crippen LogP contribution in [0.3, 0.4) is 0 Å². The molecular formula is C21H20N2O4S2. The van der Waals surface area contributed by atoms with Gasteiger partial charge < -0.3 is 10.6 Å². The fourth-order valence-electron chi connectivity index (χ4n) is 2.72. The molecule has 2 amide bonds. The van der Waals surface area contributed by atoms with Crippen molar-refractivity contribution >= 4 is 44.4 Å². The smallest absolute Gasteiger partial charge is 0.255 e. The molecule has 2 N–H and O–H groups in total. The van der Waals surface area contributed by atoms with Gasteiger partial charge in [-0.25, -0.2) is 8.42 Å². The Morgan fingerprint density at radius 2 is 1.79 bits per heavy atom. The average molecular weight is 429 g/mol. The lowest BCUT2D eigenvalue weighted by molar-refractivity contribution is -0.115. The number of amides is 2. The predicted molar refractivity (Wildman–Crippen MR) is 115 cm³/mol. The molecule has 0 radical (unpaired) electrons. The van der Waals surface area contributed by atoms with Crippen LogP contribution in [0, 0.1) is 6.92 Å². The first-order chi connectivity index (χ1) is 13.7. The van der Waals surface area contributed by atoms with Crippen molar-refractivity contribution in [3.05, 3.63) is 76.0 Å². The number of benzene rings is 2. The van der Waals surface area contributed by atoms with Crippen molar-refractivity contribution in [1.29, 1.82) is 0 Å². The Morgan fingerprint density at radius 3 is 2.45 bits per heavy atom. The number of hydrogen-bond donors (Lipinski definition) is 2.